The summed E-state index contributed by atoms with van der Waals surface area (Å²) in [7, 11) is 0. The highest BCUT2D eigenvalue weighted by atomic mass is 35.5. The van der Waals surface area contributed by atoms with Crippen LogP contribution in [0.3, 0.4) is 0 Å². The van der Waals surface area contributed by atoms with Crippen molar-refractivity contribution < 1.29 is 9.90 Å². The number of carbonyl (C=O) groups is 1. The highest BCUT2D eigenvalue weighted by Gasteiger charge is 2.12. The zero-order valence-electron chi connectivity index (χ0n) is 10.4. The number of benzene rings is 2. The number of aliphatic carboxylic acids is 1. The van der Waals surface area contributed by atoms with Gasteiger partial charge in [0, 0.05) is 5.02 Å². The Bertz CT molecular complexity index is 645. The molecule has 2 aromatic carbocycles. The number of rotatable bonds is 3. The molecule has 0 aliphatic carbocycles. The van der Waals surface area contributed by atoms with Gasteiger partial charge in [0.05, 0.1) is 5.57 Å². The minimum atomic E-state index is -0.950. The van der Waals surface area contributed by atoms with E-state index in [2.05, 4.69) is 0 Å². The molecule has 0 radical (unpaired) electrons. The van der Waals surface area contributed by atoms with Gasteiger partial charge in [-0.2, -0.15) is 0 Å². The topological polar surface area (TPSA) is 37.3 Å². The number of carboxylic acid groups (broad SMARTS) is 1. The average molecular weight is 273 g/mol. The largest absolute Gasteiger partial charge is 0.478 e. The molecule has 0 amide bonds. The van der Waals surface area contributed by atoms with Crippen LogP contribution in [0.25, 0.3) is 11.6 Å². The summed E-state index contributed by atoms with van der Waals surface area (Å²) in [6.45, 7) is 1.89. The normalized spacial score (nSPS) is 11.4. The molecule has 1 N–H and O–H groups in total. The lowest BCUT2D eigenvalue weighted by molar-refractivity contribution is -0.130. The van der Waals surface area contributed by atoms with E-state index in [4.69, 9.17) is 11.6 Å². The molecule has 0 aromatic heterocycles. The second kappa shape index (κ2) is 5.72. The minimum absolute atomic E-state index is 0.264. The summed E-state index contributed by atoms with van der Waals surface area (Å²) in [6.07, 6.45) is 1.64. The molecule has 0 aliphatic heterocycles. The lowest BCUT2D eigenvalue weighted by atomic mass is 9.98. The zero-order valence-corrected chi connectivity index (χ0v) is 11.2. The predicted octanol–water partition coefficient (Wildman–Crippen LogP) is 4.27. The third kappa shape index (κ3) is 3.24. The summed E-state index contributed by atoms with van der Waals surface area (Å²) in [5, 5.41) is 9.97. The number of halogens is 1. The maximum atomic E-state index is 11.4. The quantitative estimate of drug-likeness (QED) is 0.669. The van der Waals surface area contributed by atoms with Crippen LogP contribution in [0.4, 0.5) is 0 Å². The van der Waals surface area contributed by atoms with E-state index >= 15 is 0 Å². The van der Waals surface area contributed by atoms with Gasteiger partial charge in [-0.3, -0.25) is 0 Å². The van der Waals surface area contributed by atoms with Gasteiger partial charge in [0.25, 0.3) is 0 Å². The maximum Gasteiger partial charge on any atom is 0.336 e. The highest BCUT2D eigenvalue weighted by Crippen LogP contribution is 2.23. The molecule has 0 aliphatic rings. The van der Waals surface area contributed by atoms with E-state index in [0.29, 0.717) is 5.02 Å². The van der Waals surface area contributed by atoms with E-state index in [1.54, 1.807) is 30.3 Å². The Hall–Kier alpha value is -2.06. The molecule has 0 unspecified atom stereocenters. The third-order valence-electron chi connectivity index (χ3n) is 2.83. The molecule has 0 fully saturated rings. The molecule has 0 bridgehead atoms. The first-order valence-electron chi connectivity index (χ1n) is 5.84. The molecule has 2 rings (SSSR count). The van der Waals surface area contributed by atoms with Gasteiger partial charge in [0.1, 0.15) is 0 Å². The second-order valence-corrected chi connectivity index (χ2v) is 4.67. The lowest BCUT2D eigenvalue weighted by Gasteiger charge is -2.07. The van der Waals surface area contributed by atoms with Gasteiger partial charge < -0.3 is 5.11 Å². The fourth-order valence-corrected chi connectivity index (χ4v) is 2.09. The van der Waals surface area contributed by atoms with Gasteiger partial charge >= 0.3 is 5.97 Å². The van der Waals surface area contributed by atoms with Crippen molar-refractivity contribution in [2.45, 2.75) is 6.92 Å². The third-order valence-corrected chi connectivity index (χ3v) is 3.06. The molecule has 96 valence electrons. The van der Waals surface area contributed by atoms with Gasteiger partial charge in [-0.25, -0.2) is 4.79 Å². The molecule has 0 heterocycles. The Kier molecular flexibility index (Phi) is 4.03. The van der Waals surface area contributed by atoms with E-state index in [1.165, 1.54) is 0 Å². The van der Waals surface area contributed by atoms with Crippen LogP contribution in [0.5, 0.6) is 0 Å². The molecule has 0 spiro atoms. The van der Waals surface area contributed by atoms with Crippen LogP contribution < -0.4 is 0 Å². The first kappa shape index (κ1) is 13.4. The lowest BCUT2D eigenvalue weighted by Crippen LogP contribution is -2.01. The molecule has 0 saturated carbocycles. The Morgan fingerprint density at radius 1 is 1.16 bits per heavy atom. The van der Waals surface area contributed by atoms with Crippen molar-refractivity contribution in [1.29, 1.82) is 0 Å². The number of hydrogen-bond donors (Lipinski definition) is 1. The maximum absolute atomic E-state index is 11.4. The molecule has 2 nitrogen and oxygen atoms in total. The molecule has 19 heavy (non-hydrogen) atoms. The summed E-state index contributed by atoms with van der Waals surface area (Å²) in [6, 6.07) is 14.5. The fraction of sp³-hybridized carbons (Fsp3) is 0.0625. The van der Waals surface area contributed by atoms with Crippen molar-refractivity contribution in [2.24, 2.45) is 0 Å². The van der Waals surface area contributed by atoms with E-state index in [-0.39, 0.29) is 5.57 Å². The zero-order chi connectivity index (χ0) is 13.8. The van der Waals surface area contributed by atoms with E-state index in [9.17, 15) is 9.90 Å². The minimum Gasteiger partial charge on any atom is -0.478 e. The summed E-state index contributed by atoms with van der Waals surface area (Å²) in [4.78, 5) is 11.4. The molecular formula is C16H13ClO2. The van der Waals surface area contributed by atoms with Crippen molar-refractivity contribution in [3.05, 3.63) is 70.2 Å². The van der Waals surface area contributed by atoms with E-state index < -0.39 is 5.97 Å². The van der Waals surface area contributed by atoms with Crippen LogP contribution in [-0.2, 0) is 4.79 Å². The van der Waals surface area contributed by atoms with Gasteiger partial charge in [-0.1, -0.05) is 48.0 Å². The monoisotopic (exact) mass is 272 g/mol. The molecule has 3 heteroatoms. The van der Waals surface area contributed by atoms with Crippen molar-refractivity contribution in [3.8, 4) is 0 Å². The van der Waals surface area contributed by atoms with Gasteiger partial charge in [0.2, 0.25) is 0 Å². The number of hydrogen-bond acceptors (Lipinski definition) is 1. The van der Waals surface area contributed by atoms with Gasteiger partial charge in [0.15, 0.2) is 0 Å². The first-order chi connectivity index (χ1) is 9.08. The molecule has 0 atom stereocenters. The summed E-state index contributed by atoms with van der Waals surface area (Å²) < 4.78 is 0. The summed E-state index contributed by atoms with van der Waals surface area (Å²) in [5.74, 6) is -0.950. The molecule has 0 saturated heterocycles. The standard InChI is InChI=1S/C16H13ClO2/c1-11-5-2-3-8-14(11)15(16(18)19)10-12-6-4-7-13(17)9-12/h2-10H,1H3,(H,18,19)/b15-10+. The van der Waals surface area contributed by atoms with E-state index in [1.807, 2.05) is 31.2 Å². The van der Waals surface area contributed by atoms with Crippen LogP contribution in [0, 0.1) is 6.92 Å². The Morgan fingerprint density at radius 2 is 1.89 bits per heavy atom. The van der Waals surface area contributed by atoms with Gasteiger partial charge in [-0.15, -0.1) is 0 Å². The Labute approximate surface area is 117 Å². The molecular weight excluding hydrogens is 260 g/mol. The Balaban J connectivity index is 2.53. The van der Waals surface area contributed by atoms with Crippen molar-refractivity contribution in [1.82, 2.24) is 0 Å². The van der Waals surface area contributed by atoms with Gasteiger partial charge in [-0.05, 0) is 41.8 Å². The van der Waals surface area contributed by atoms with Crippen LogP contribution >= 0.6 is 11.6 Å². The SMILES string of the molecule is Cc1ccccc1/C(=C\c1cccc(Cl)c1)C(=O)O. The predicted molar refractivity (Wildman–Crippen MR) is 78.1 cm³/mol. The van der Waals surface area contributed by atoms with Crippen LogP contribution in [0.2, 0.25) is 5.02 Å². The van der Waals surface area contributed by atoms with Crippen molar-refractivity contribution >= 4 is 29.2 Å². The Morgan fingerprint density at radius 3 is 2.53 bits per heavy atom. The highest BCUT2D eigenvalue weighted by molar-refractivity contribution is 6.30. The van der Waals surface area contributed by atoms with Crippen LogP contribution in [-0.4, -0.2) is 11.1 Å². The fourth-order valence-electron chi connectivity index (χ4n) is 1.89. The summed E-state index contributed by atoms with van der Waals surface area (Å²) in [5.41, 5.74) is 2.68. The smallest absolute Gasteiger partial charge is 0.336 e. The first-order valence-corrected chi connectivity index (χ1v) is 6.22. The van der Waals surface area contributed by atoms with E-state index in [0.717, 1.165) is 16.7 Å². The second-order valence-electron chi connectivity index (χ2n) is 4.23. The summed E-state index contributed by atoms with van der Waals surface area (Å²) >= 11 is 5.91. The van der Waals surface area contributed by atoms with Crippen molar-refractivity contribution in [3.63, 3.8) is 0 Å². The number of aryl methyl sites for hydroxylation is 1. The average Bonchev–Trinajstić information content (AvgIpc) is 2.37. The number of carboxylic acids is 1. The van der Waals surface area contributed by atoms with Crippen LogP contribution in [0.15, 0.2) is 48.5 Å². The van der Waals surface area contributed by atoms with Crippen LogP contribution in [0.1, 0.15) is 16.7 Å². The molecule has 2 aromatic rings. The van der Waals surface area contributed by atoms with Crippen molar-refractivity contribution in [2.75, 3.05) is 0 Å².